The number of hydrogen-bond donors (Lipinski definition) is 2. The molecule has 0 unspecified atom stereocenters. The Labute approximate surface area is 156 Å². The Hall–Kier alpha value is -3.10. The number of nitrogens with one attached hydrogen (secondary N) is 2. The first kappa shape index (κ1) is 17.7. The number of H-pyrrole nitrogens is 1. The molecule has 2 heterocycles. The molecule has 3 rings (SSSR count). The lowest BCUT2D eigenvalue weighted by Gasteiger charge is -2.17. The first-order chi connectivity index (χ1) is 12.6. The molecule has 0 fully saturated rings. The van der Waals surface area contributed by atoms with E-state index in [1.165, 1.54) is 6.20 Å². The van der Waals surface area contributed by atoms with E-state index in [0.717, 1.165) is 17.4 Å². The second kappa shape index (κ2) is 7.85. The summed E-state index contributed by atoms with van der Waals surface area (Å²) in [5, 5.41) is 13.6. The molecule has 1 atom stereocenters. The minimum atomic E-state index is -0.410. The van der Waals surface area contributed by atoms with Gasteiger partial charge in [-0.25, -0.2) is 4.98 Å². The molecule has 3 aromatic rings. The number of fused-ring (bicyclic) bond motifs is 1. The number of aromatic amines is 1. The second-order valence-electron chi connectivity index (χ2n) is 5.81. The van der Waals surface area contributed by atoms with Gasteiger partial charge in [-0.05, 0) is 24.1 Å². The molecule has 0 aliphatic heterocycles. The molecule has 1 amide bonds. The molecular formula is C20H17ClN4O. The van der Waals surface area contributed by atoms with Gasteiger partial charge in [0.2, 0.25) is 0 Å². The molecule has 0 bridgehead atoms. The van der Waals surface area contributed by atoms with Crippen LogP contribution < -0.4 is 5.32 Å². The summed E-state index contributed by atoms with van der Waals surface area (Å²) in [7, 11) is 0. The van der Waals surface area contributed by atoms with Gasteiger partial charge in [0.05, 0.1) is 11.1 Å². The number of hydrogen-bond acceptors (Lipinski definition) is 3. The Balaban J connectivity index is 1.87. The predicted molar refractivity (Wildman–Crippen MR) is 102 cm³/mol. The fraction of sp³-hybridized carbons (Fsp3) is 0.150. The maximum absolute atomic E-state index is 12.6. The molecule has 2 aromatic heterocycles. The first-order valence-corrected chi connectivity index (χ1v) is 8.60. The van der Waals surface area contributed by atoms with E-state index in [-0.39, 0.29) is 11.6 Å². The molecule has 1 aromatic carbocycles. The van der Waals surface area contributed by atoms with Crippen molar-refractivity contribution >= 4 is 34.6 Å². The molecular weight excluding hydrogens is 348 g/mol. The maximum atomic E-state index is 12.6. The molecule has 26 heavy (non-hydrogen) atoms. The summed E-state index contributed by atoms with van der Waals surface area (Å²) in [4.78, 5) is 19.8. The second-order valence-corrected chi connectivity index (χ2v) is 6.24. The molecule has 2 N–H and O–H groups in total. The molecule has 0 radical (unpaired) electrons. The fourth-order valence-corrected chi connectivity index (χ4v) is 2.92. The monoisotopic (exact) mass is 364 g/mol. The van der Waals surface area contributed by atoms with Gasteiger partial charge in [-0.2, -0.15) is 5.26 Å². The largest absolute Gasteiger partial charge is 0.346 e. The molecule has 130 valence electrons. The van der Waals surface area contributed by atoms with Crippen molar-refractivity contribution < 1.29 is 4.79 Å². The summed E-state index contributed by atoms with van der Waals surface area (Å²) in [6.45, 7) is 1.99. The van der Waals surface area contributed by atoms with E-state index in [9.17, 15) is 10.1 Å². The van der Waals surface area contributed by atoms with E-state index < -0.39 is 5.91 Å². The highest BCUT2D eigenvalue weighted by Crippen LogP contribution is 2.23. The van der Waals surface area contributed by atoms with Crippen molar-refractivity contribution in [2.45, 2.75) is 19.4 Å². The average molecular weight is 365 g/mol. The Bertz CT molecular complexity index is 1000. The Kier molecular flexibility index (Phi) is 5.35. The smallest absolute Gasteiger partial charge is 0.262 e. The van der Waals surface area contributed by atoms with Crippen LogP contribution in [0.5, 0.6) is 0 Å². The average Bonchev–Trinajstić information content (AvgIpc) is 3.06. The Morgan fingerprint density at radius 1 is 1.42 bits per heavy atom. The molecule has 0 saturated heterocycles. The number of pyridine rings is 1. The van der Waals surface area contributed by atoms with Gasteiger partial charge in [0.15, 0.2) is 0 Å². The normalized spacial score (nSPS) is 12.6. The summed E-state index contributed by atoms with van der Waals surface area (Å²) in [5.41, 5.74) is 2.37. The van der Waals surface area contributed by atoms with E-state index in [2.05, 4.69) is 15.3 Å². The first-order valence-electron chi connectivity index (χ1n) is 8.22. The van der Waals surface area contributed by atoms with Gasteiger partial charge in [0, 0.05) is 23.3 Å². The zero-order valence-corrected chi connectivity index (χ0v) is 14.9. The number of halogens is 1. The van der Waals surface area contributed by atoms with Crippen LogP contribution in [0.2, 0.25) is 5.02 Å². The number of aromatic nitrogens is 2. The lowest BCUT2D eigenvalue weighted by Crippen LogP contribution is -2.29. The highest BCUT2D eigenvalue weighted by molar-refractivity contribution is 6.31. The van der Waals surface area contributed by atoms with Gasteiger partial charge in [-0.3, -0.25) is 4.79 Å². The zero-order valence-electron chi connectivity index (χ0n) is 14.2. The van der Waals surface area contributed by atoms with Gasteiger partial charge in [0.1, 0.15) is 17.3 Å². The predicted octanol–water partition coefficient (Wildman–Crippen LogP) is 4.39. The van der Waals surface area contributed by atoms with E-state index in [1.54, 1.807) is 18.3 Å². The van der Waals surface area contributed by atoms with Crippen LogP contribution in [0.1, 0.15) is 30.5 Å². The van der Waals surface area contributed by atoms with E-state index in [0.29, 0.717) is 16.2 Å². The van der Waals surface area contributed by atoms with Crippen molar-refractivity contribution in [2.24, 2.45) is 0 Å². The maximum Gasteiger partial charge on any atom is 0.262 e. The third-order valence-corrected chi connectivity index (χ3v) is 4.32. The van der Waals surface area contributed by atoms with Crippen LogP contribution in [-0.2, 0) is 4.79 Å². The number of amides is 1. The van der Waals surface area contributed by atoms with Crippen LogP contribution in [0.25, 0.3) is 17.1 Å². The molecule has 0 spiro atoms. The summed E-state index contributed by atoms with van der Waals surface area (Å²) in [6, 6.07) is 13.3. The van der Waals surface area contributed by atoms with Crippen molar-refractivity contribution in [1.29, 1.82) is 5.26 Å². The lowest BCUT2D eigenvalue weighted by atomic mass is 10.0. The van der Waals surface area contributed by atoms with Gasteiger partial charge >= 0.3 is 0 Å². The van der Waals surface area contributed by atoms with Crippen molar-refractivity contribution in [2.75, 3.05) is 0 Å². The number of carbonyl (C=O) groups is 1. The quantitative estimate of drug-likeness (QED) is 0.520. The van der Waals surface area contributed by atoms with Crippen LogP contribution in [0, 0.1) is 11.3 Å². The number of carbonyl (C=O) groups excluding carboxylic acids is 1. The fourth-order valence-electron chi connectivity index (χ4n) is 2.76. The summed E-state index contributed by atoms with van der Waals surface area (Å²) < 4.78 is 0. The topological polar surface area (TPSA) is 81.6 Å². The molecule has 0 saturated carbocycles. The molecule has 0 aliphatic carbocycles. The highest BCUT2D eigenvalue weighted by atomic mass is 35.5. The van der Waals surface area contributed by atoms with Crippen molar-refractivity contribution in [1.82, 2.24) is 15.3 Å². The van der Waals surface area contributed by atoms with E-state index >= 15 is 0 Å². The van der Waals surface area contributed by atoms with Gasteiger partial charge in [0.25, 0.3) is 5.91 Å². The summed E-state index contributed by atoms with van der Waals surface area (Å²) in [6.07, 6.45) is 5.51. The van der Waals surface area contributed by atoms with Crippen molar-refractivity contribution in [3.05, 3.63) is 70.5 Å². The van der Waals surface area contributed by atoms with E-state index in [1.807, 2.05) is 43.3 Å². The highest BCUT2D eigenvalue weighted by Gasteiger charge is 2.16. The summed E-state index contributed by atoms with van der Waals surface area (Å²) in [5.74, 6) is -0.410. The Morgan fingerprint density at radius 3 is 2.88 bits per heavy atom. The zero-order chi connectivity index (χ0) is 18.5. The van der Waals surface area contributed by atoms with Crippen LogP contribution in [0.4, 0.5) is 0 Å². The number of rotatable bonds is 5. The Morgan fingerprint density at radius 2 is 2.19 bits per heavy atom. The van der Waals surface area contributed by atoms with Gasteiger partial charge in [-0.15, -0.1) is 0 Å². The van der Waals surface area contributed by atoms with Crippen molar-refractivity contribution in [3.8, 4) is 6.07 Å². The molecule has 6 heteroatoms. The minimum absolute atomic E-state index is 0.0280. The van der Waals surface area contributed by atoms with Crippen LogP contribution >= 0.6 is 11.6 Å². The number of benzene rings is 1. The van der Waals surface area contributed by atoms with Gasteiger partial charge < -0.3 is 10.3 Å². The third kappa shape index (κ3) is 3.76. The SMILES string of the molecule is CC[C@@H](NC(=O)/C(C#N)=C/c1c[nH]c2ncc(Cl)cc12)c1ccccc1. The van der Waals surface area contributed by atoms with E-state index in [4.69, 9.17) is 11.6 Å². The van der Waals surface area contributed by atoms with Crippen LogP contribution in [0.15, 0.2) is 54.4 Å². The summed E-state index contributed by atoms with van der Waals surface area (Å²) >= 11 is 5.99. The van der Waals surface area contributed by atoms with Crippen LogP contribution in [-0.4, -0.2) is 15.9 Å². The third-order valence-electron chi connectivity index (χ3n) is 4.11. The molecule has 0 aliphatic rings. The van der Waals surface area contributed by atoms with Gasteiger partial charge in [-0.1, -0.05) is 48.9 Å². The number of nitrogens with zero attached hydrogens (tertiary/aromatic N) is 2. The number of nitriles is 1. The lowest BCUT2D eigenvalue weighted by molar-refractivity contribution is -0.117. The molecule has 5 nitrogen and oxygen atoms in total. The van der Waals surface area contributed by atoms with Crippen molar-refractivity contribution in [3.63, 3.8) is 0 Å². The van der Waals surface area contributed by atoms with Crippen LogP contribution in [0.3, 0.4) is 0 Å². The standard InChI is InChI=1S/C20H17ClN4O/c1-2-18(13-6-4-3-5-7-13)25-20(26)14(10-22)8-15-11-23-19-17(15)9-16(21)12-24-19/h3-9,11-12,18H,2H2,1H3,(H,23,24)(H,25,26)/b14-8+/t18-/m1/s1. The minimum Gasteiger partial charge on any atom is -0.346 e.